The largest absolute Gasteiger partial charge is 0.438 e. The number of halogens is 3. The average Bonchev–Trinajstić information content (AvgIpc) is 2.57. The normalized spacial score (nSPS) is 15.8. The summed E-state index contributed by atoms with van der Waals surface area (Å²) < 4.78 is 50.1. The molecular weight excluding hydrogens is 337 g/mol. The molecule has 0 atom stereocenters. The number of anilines is 2. The number of nitrogens with one attached hydrogen (secondary N) is 1. The van der Waals surface area contributed by atoms with Crippen LogP contribution in [0.4, 0.5) is 24.8 Å². The zero-order chi connectivity index (χ0) is 17.9. The van der Waals surface area contributed by atoms with Crippen molar-refractivity contribution in [1.82, 2.24) is 9.97 Å². The van der Waals surface area contributed by atoms with Gasteiger partial charge in [0.05, 0.1) is 0 Å². The molecule has 2 aromatic rings. The van der Waals surface area contributed by atoms with Crippen molar-refractivity contribution in [2.24, 2.45) is 0 Å². The number of rotatable bonds is 4. The van der Waals surface area contributed by atoms with Gasteiger partial charge in [0, 0.05) is 31.1 Å². The van der Waals surface area contributed by atoms with Gasteiger partial charge < -0.3 is 20.5 Å². The number of aromatic nitrogens is 2. The second kappa shape index (κ2) is 7.14. The lowest BCUT2D eigenvalue weighted by atomic mass is 10.1. The van der Waals surface area contributed by atoms with Gasteiger partial charge in [-0.15, -0.1) is 0 Å². The predicted molar refractivity (Wildman–Crippen MR) is 85.4 cm³/mol. The summed E-state index contributed by atoms with van der Waals surface area (Å²) in [5, 5.41) is 3.03. The summed E-state index contributed by atoms with van der Waals surface area (Å²) in [5.41, 5.74) is 5.01. The van der Waals surface area contributed by atoms with Gasteiger partial charge in [0.2, 0.25) is 11.8 Å². The monoisotopic (exact) mass is 354 g/mol. The van der Waals surface area contributed by atoms with E-state index in [1.54, 1.807) is 0 Å². The molecule has 0 saturated carbocycles. The summed E-state index contributed by atoms with van der Waals surface area (Å²) in [7, 11) is 0. The fourth-order valence-corrected chi connectivity index (χ4v) is 2.38. The van der Waals surface area contributed by atoms with E-state index in [-0.39, 0.29) is 17.7 Å². The molecule has 0 radical (unpaired) electrons. The highest BCUT2D eigenvalue weighted by Gasteiger charge is 2.36. The molecule has 3 rings (SSSR count). The van der Waals surface area contributed by atoms with Crippen LogP contribution in [0.3, 0.4) is 0 Å². The molecule has 0 unspecified atom stereocenters. The van der Waals surface area contributed by atoms with Crippen molar-refractivity contribution >= 4 is 11.6 Å². The molecule has 2 heterocycles. The van der Waals surface area contributed by atoms with Gasteiger partial charge >= 0.3 is 6.18 Å². The second-order valence-electron chi connectivity index (χ2n) is 5.61. The first-order valence-electron chi connectivity index (χ1n) is 7.74. The van der Waals surface area contributed by atoms with Gasteiger partial charge in [-0.05, 0) is 37.1 Å². The molecule has 0 aliphatic carbocycles. The summed E-state index contributed by atoms with van der Waals surface area (Å²) in [5.74, 6) is -0.261. The van der Waals surface area contributed by atoms with Crippen molar-refractivity contribution < 1.29 is 22.6 Å². The Balaban J connectivity index is 1.86. The SMILES string of the molecule is Nc1ccc(Oc2nc(NC3CCOCC3)ncc2C(F)(F)F)cc1. The molecule has 0 spiro atoms. The van der Waals surface area contributed by atoms with E-state index in [0.29, 0.717) is 18.9 Å². The summed E-state index contributed by atoms with van der Waals surface area (Å²) in [4.78, 5) is 7.69. The average molecular weight is 354 g/mol. The molecular formula is C16H17F3N4O2. The molecule has 1 aliphatic rings. The van der Waals surface area contributed by atoms with E-state index in [4.69, 9.17) is 15.2 Å². The van der Waals surface area contributed by atoms with Gasteiger partial charge in [-0.25, -0.2) is 4.98 Å². The number of benzene rings is 1. The van der Waals surface area contributed by atoms with Crippen molar-refractivity contribution in [2.45, 2.75) is 25.1 Å². The van der Waals surface area contributed by atoms with Crippen LogP contribution in [-0.2, 0) is 10.9 Å². The minimum atomic E-state index is -4.62. The lowest BCUT2D eigenvalue weighted by Gasteiger charge is -2.23. The molecule has 3 N–H and O–H groups in total. The topological polar surface area (TPSA) is 82.3 Å². The quantitative estimate of drug-likeness (QED) is 0.819. The molecule has 25 heavy (non-hydrogen) atoms. The van der Waals surface area contributed by atoms with Crippen LogP contribution in [0, 0.1) is 0 Å². The summed E-state index contributed by atoms with van der Waals surface area (Å²) in [6.07, 6.45) is -2.43. The third kappa shape index (κ3) is 4.50. The molecule has 0 bridgehead atoms. The van der Waals surface area contributed by atoms with Gasteiger partial charge in [0.1, 0.15) is 11.3 Å². The Bertz CT molecular complexity index is 716. The first-order valence-corrected chi connectivity index (χ1v) is 7.74. The van der Waals surface area contributed by atoms with Gasteiger partial charge in [0.25, 0.3) is 0 Å². The molecule has 1 aliphatic heterocycles. The molecule has 1 aromatic carbocycles. The first-order chi connectivity index (χ1) is 11.9. The molecule has 134 valence electrons. The minimum absolute atomic E-state index is 0.0508. The van der Waals surface area contributed by atoms with E-state index in [1.165, 1.54) is 24.3 Å². The Morgan fingerprint density at radius 2 is 1.84 bits per heavy atom. The van der Waals surface area contributed by atoms with Crippen LogP contribution >= 0.6 is 0 Å². The second-order valence-corrected chi connectivity index (χ2v) is 5.61. The van der Waals surface area contributed by atoms with Crippen molar-refractivity contribution in [1.29, 1.82) is 0 Å². The highest BCUT2D eigenvalue weighted by molar-refractivity contribution is 5.44. The Hall–Kier alpha value is -2.55. The van der Waals surface area contributed by atoms with Crippen LogP contribution in [0.1, 0.15) is 18.4 Å². The number of hydrogen-bond acceptors (Lipinski definition) is 6. The van der Waals surface area contributed by atoms with Crippen molar-refractivity contribution in [3.05, 3.63) is 36.0 Å². The molecule has 1 fully saturated rings. The van der Waals surface area contributed by atoms with Crippen LogP contribution in [0.2, 0.25) is 0 Å². The van der Waals surface area contributed by atoms with E-state index < -0.39 is 17.6 Å². The Morgan fingerprint density at radius 1 is 1.16 bits per heavy atom. The van der Waals surface area contributed by atoms with Gasteiger partial charge in [-0.3, -0.25) is 0 Å². The standard InChI is InChI=1S/C16H17F3N4O2/c17-16(18,19)13-9-21-15(22-11-5-7-24-8-6-11)23-14(13)25-12-3-1-10(20)2-4-12/h1-4,9,11H,5-8,20H2,(H,21,22,23). The van der Waals surface area contributed by atoms with Crippen LogP contribution < -0.4 is 15.8 Å². The zero-order valence-corrected chi connectivity index (χ0v) is 13.2. The fourth-order valence-electron chi connectivity index (χ4n) is 2.38. The van der Waals surface area contributed by atoms with E-state index in [9.17, 15) is 13.2 Å². The van der Waals surface area contributed by atoms with E-state index in [1.807, 2.05) is 0 Å². The third-order valence-electron chi connectivity index (χ3n) is 3.71. The van der Waals surface area contributed by atoms with Crippen LogP contribution in [0.15, 0.2) is 30.5 Å². The first kappa shape index (κ1) is 17.3. The molecule has 6 nitrogen and oxygen atoms in total. The van der Waals surface area contributed by atoms with E-state index in [0.717, 1.165) is 19.0 Å². The maximum Gasteiger partial charge on any atom is 0.423 e. The van der Waals surface area contributed by atoms with Gasteiger partial charge in [0.15, 0.2) is 0 Å². The lowest BCUT2D eigenvalue weighted by Crippen LogP contribution is -2.28. The summed E-state index contributed by atoms with van der Waals surface area (Å²) in [6, 6.07) is 6.07. The smallest absolute Gasteiger partial charge is 0.423 e. The number of alkyl halides is 3. The fraction of sp³-hybridized carbons (Fsp3) is 0.375. The lowest BCUT2D eigenvalue weighted by molar-refractivity contribution is -0.139. The van der Waals surface area contributed by atoms with Crippen LogP contribution in [0.5, 0.6) is 11.6 Å². The highest BCUT2D eigenvalue weighted by atomic mass is 19.4. The van der Waals surface area contributed by atoms with Gasteiger partial charge in [-0.2, -0.15) is 18.2 Å². The molecule has 1 aromatic heterocycles. The Morgan fingerprint density at radius 3 is 2.48 bits per heavy atom. The van der Waals surface area contributed by atoms with E-state index in [2.05, 4.69) is 15.3 Å². The highest BCUT2D eigenvalue weighted by Crippen LogP contribution is 2.37. The number of hydrogen-bond donors (Lipinski definition) is 2. The Kier molecular flexibility index (Phi) is 4.93. The van der Waals surface area contributed by atoms with Crippen molar-refractivity contribution in [3.63, 3.8) is 0 Å². The van der Waals surface area contributed by atoms with E-state index >= 15 is 0 Å². The predicted octanol–water partition coefficient (Wildman–Crippen LogP) is 3.46. The maximum absolute atomic E-state index is 13.2. The molecule has 0 amide bonds. The molecule has 1 saturated heterocycles. The third-order valence-corrected chi connectivity index (χ3v) is 3.71. The van der Waals surface area contributed by atoms with Crippen molar-refractivity contribution in [2.75, 3.05) is 24.3 Å². The van der Waals surface area contributed by atoms with Crippen molar-refractivity contribution in [3.8, 4) is 11.6 Å². The van der Waals surface area contributed by atoms with Gasteiger partial charge in [-0.1, -0.05) is 0 Å². The number of ether oxygens (including phenoxy) is 2. The maximum atomic E-state index is 13.2. The van der Waals surface area contributed by atoms with Crippen LogP contribution in [0.25, 0.3) is 0 Å². The summed E-state index contributed by atoms with van der Waals surface area (Å²) in [6.45, 7) is 1.18. The number of nitrogens with zero attached hydrogens (tertiary/aromatic N) is 2. The Labute approximate surface area is 142 Å². The number of nitrogen functional groups attached to an aromatic ring is 1. The zero-order valence-electron chi connectivity index (χ0n) is 13.2. The minimum Gasteiger partial charge on any atom is -0.438 e. The summed E-state index contributed by atoms with van der Waals surface area (Å²) >= 11 is 0. The van der Waals surface area contributed by atoms with Crippen LogP contribution in [-0.4, -0.2) is 29.2 Å². The number of nitrogens with two attached hydrogens (primary N) is 1. The molecule has 9 heteroatoms.